The summed E-state index contributed by atoms with van der Waals surface area (Å²) in [6.45, 7) is -3.74. The lowest BCUT2D eigenvalue weighted by atomic mass is 9.92. The van der Waals surface area contributed by atoms with Crippen molar-refractivity contribution in [2.45, 2.75) is 204 Å². The number of nitrogens with two attached hydrogens (primary N) is 2. The number of rotatable bonds is 21. The van der Waals surface area contributed by atoms with Crippen LogP contribution in [0.1, 0.15) is 62.5 Å². The van der Waals surface area contributed by atoms with Gasteiger partial charge in [0.25, 0.3) is 0 Å². The van der Waals surface area contributed by atoms with Gasteiger partial charge in [0.2, 0.25) is 41.7 Å². The van der Waals surface area contributed by atoms with Gasteiger partial charge in [-0.25, -0.2) is 0 Å². The summed E-state index contributed by atoms with van der Waals surface area (Å²) in [4.78, 5) is 110. The molecule has 0 radical (unpaired) electrons. The zero-order chi connectivity index (χ0) is 72.4. The minimum Gasteiger partial charge on any atom is -0.463 e. The van der Waals surface area contributed by atoms with Crippen molar-refractivity contribution in [1.29, 1.82) is 0 Å². The van der Waals surface area contributed by atoms with Gasteiger partial charge in [-0.2, -0.15) is 0 Å². The third-order valence-corrected chi connectivity index (χ3v) is 19.0. The average molecular weight is 1420 g/mol. The van der Waals surface area contributed by atoms with E-state index in [-0.39, 0.29) is 30.2 Å². The summed E-state index contributed by atoms with van der Waals surface area (Å²) in [7, 11) is 0. The van der Waals surface area contributed by atoms with Crippen molar-refractivity contribution in [2.75, 3.05) is 46.1 Å². The number of aliphatic hydroxyl groups is 13. The molecule has 4 saturated heterocycles. The van der Waals surface area contributed by atoms with Crippen LogP contribution in [0.2, 0.25) is 0 Å². The summed E-state index contributed by atoms with van der Waals surface area (Å²) < 4.78 is 34.8. The number of nitrogens with zero attached hydrogens (tertiary/aromatic N) is 3. The molecule has 2 aromatic rings. The predicted octanol–water partition coefficient (Wildman–Crippen LogP) is -11.1. The van der Waals surface area contributed by atoms with E-state index in [1.54, 1.807) is 37.3 Å². The number of ether oxygens (including phenoxy) is 6. The maximum Gasteiger partial charge on any atom is 0.305 e. The highest BCUT2D eigenvalue weighted by molar-refractivity contribution is 5.98. The lowest BCUT2D eigenvalue weighted by Gasteiger charge is -2.46. The molecule has 7 aliphatic rings. The van der Waals surface area contributed by atoms with Crippen LogP contribution in [-0.2, 0) is 63.7 Å². The normalized spacial score (nSPS) is 36.2. The smallest absolute Gasteiger partial charge is 0.305 e. The molecule has 5 fully saturated rings. The second-order valence-corrected chi connectivity index (χ2v) is 25.8. The van der Waals surface area contributed by atoms with Gasteiger partial charge < -0.3 is 148 Å². The lowest BCUT2D eigenvalue weighted by Crippen LogP contribution is -2.70. The standard InChI is InChI=1S/C62H90N12O26/c1-25(28-9-3-2-4-10-28)39-55(92)68-30(17-27-11-14-29(15-12-27)96-59-51(89)48(86)52(100-60-50(88)47(85)45(83)35(23-77)98-60)36(99-59)24-95-38(79)16-13-26-7-5-6-8-26)54(91)72-40(42(80)31-18-66-61(63)70-31)57(94)73-41(56(93)69-32(21-75)53(90)65-20-37(78)71-39)43(81)33-19-67-62(64)74(33)58-49(87)46(84)44(82)34(22-76)97-58/h2-4,9-12,14-15,25-26,30-36,39-52,58-60,75-77,80-89H,5-8,13,16-24H2,1H3,(H2,64,67)(H,65,90)(H,68,92)(H,69,93)(H,71,78)(H,72,91)(H,73,94)(H3,63,66,70)/t25?,30-,31?,32+,33?,34-,35-,36-,39+,40+,41-,42?,43?,44-,45-,46+,47+,48-,49+,50+,51+,52-,58+,59+,60-/m1/s1. The summed E-state index contributed by atoms with van der Waals surface area (Å²) >= 11 is 0. The van der Waals surface area contributed by atoms with Crippen LogP contribution in [0.15, 0.2) is 64.6 Å². The highest BCUT2D eigenvalue weighted by Crippen LogP contribution is 2.34. The van der Waals surface area contributed by atoms with E-state index in [0.29, 0.717) is 17.9 Å². The van der Waals surface area contributed by atoms with Crippen LogP contribution in [0, 0.1) is 5.92 Å². The maximum absolute atomic E-state index is 15.2. The van der Waals surface area contributed by atoms with Crippen molar-refractivity contribution < 1.29 is 128 Å². The van der Waals surface area contributed by atoms with Crippen LogP contribution in [0.3, 0.4) is 0 Å². The Labute approximate surface area is 571 Å². The SMILES string of the molecule is CC(c1ccccc1)[C@@H]1NC(=O)CNC(=O)[C@H](CO)NC(=O)[C@@H](C(O)C2CN=C(N)N2[C@H]2O[C@H](CO)[C@@H](O)[C@H](O)[C@@H]2O)NC(=O)[C@H](C(O)C2CN=C(N)N2)NC(=O)[C@@H](Cc2ccc(O[C@H]3O[C@H](COC(=O)CCC4CCCC4)[C@@H](O[C@H]4O[C@H](CO)[C@@H](O)[C@H](O)[C@@H]4O)[C@H](O)[C@@H]3O)cc2)NC1=O. The van der Waals surface area contributed by atoms with Gasteiger partial charge in [-0.3, -0.25) is 43.5 Å². The van der Waals surface area contributed by atoms with Gasteiger partial charge >= 0.3 is 5.97 Å². The van der Waals surface area contributed by atoms with Gasteiger partial charge in [0, 0.05) is 18.8 Å². The fourth-order valence-electron chi connectivity index (χ4n) is 13.1. The Morgan fingerprint density at radius 3 is 1.87 bits per heavy atom. The van der Waals surface area contributed by atoms with E-state index >= 15 is 9.59 Å². The van der Waals surface area contributed by atoms with E-state index in [0.717, 1.165) is 30.6 Å². The highest BCUT2D eigenvalue weighted by atomic mass is 16.7. The molecular formula is C62H90N12O26. The number of benzene rings is 2. The van der Waals surface area contributed by atoms with Crippen molar-refractivity contribution >= 4 is 53.3 Å². The van der Waals surface area contributed by atoms with Gasteiger partial charge in [-0.1, -0.05) is 75.1 Å². The number of aliphatic hydroxyl groups excluding tert-OH is 13. The number of esters is 1. The van der Waals surface area contributed by atoms with E-state index in [4.69, 9.17) is 39.9 Å². The molecule has 0 bridgehead atoms. The number of aliphatic imine (C=N–C) groups is 2. The zero-order valence-corrected chi connectivity index (χ0v) is 54.2. The molecular weight excluding hydrogens is 1330 g/mol. The summed E-state index contributed by atoms with van der Waals surface area (Å²) in [6, 6.07) is 0.808. The summed E-state index contributed by atoms with van der Waals surface area (Å²) in [5.41, 5.74) is 12.9. The number of hydrogen-bond donors (Lipinski definition) is 22. The molecule has 100 heavy (non-hydrogen) atoms. The second kappa shape index (κ2) is 34.4. The molecule has 9 rings (SSSR count). The Morgan fingerprint density at radius 2 is 1.22 bits per heavy atom. The third kappa shape index (κ3) is 18.0. The number of amides is 6. The number of nitrogens with one attached hydrogen (secondary N) is 7. The van der Waals surface area contributed by atoms with Crippen LogP contribution >= 0.6 is 0 Å². The first-order valence-corrected chi connectivity index (χ1v) is 32.9. The van der Waals surface area contributed by atoms with E-state index in [2.05, 4.69) is 47.2 Å². The fraction of sp³-hybridized carbons (Fsp3) is 0.661. The quantitative estimate of drug-likeness (QED) is 0.0516. The molecule has 0 aromatic heterocycles. The van der Waals surface area contributed by atoms with Crippen molar-refractivity contribution in [3.05, 3.63) is 65.7 Å². The fourth-order valence-corrected chi connectivity index (χ4v) is 13.1. The predicted molar refractivity (Wildman–Crippen MR) is 338 cm³/mol. The molecule has 1 aliphatic carbocycles. The average Bonchev–Trinajstić information content (AvgIpc) is 1.46. The largest absolute Gasteiger partial charge is 0.463 e. The molecule has 554 valence electrons. The lowest BCUT2D eigenvalue weighted by molar-refractivity contribution is -0.352. The van der Waals surface area contributed by atoms with Crippen LogP contribution < -0.4 is 53.4 Å². The zero-order valence-electron chi connectivity index (χ0n) is 54.2. The van der Waals surface area contributed by atoms with Crippen molar-refractivity contribution in [1.82, 2.24) is 42.1 Å². The van der Waals surface area contributed by atoms with Crippen molar-refractivity contribution in [3.8, 4) is 5.75 Å². The number of carbonyl (C=O) groups is 7. The monoisotopic (exact) mass is 1420 g/mol. The molecule has 2 aromatic carbocycles. The van der Waals surface area contributed by atoms with Gasteiger partial charge in [0.15, 0.2) is 24.4 Å². The maximum atomic E-state index is 15.2. The molecule has 6 amide bonds. The van der Waals surface area contributed by atoms with Crippen LogP contribution in [-0.4, -0.2) is 317 Å². The molecule has 6 aliphatic heterocycles. The topological polar surface area (TPSA) is 602 Å². The van der Waals surface area contributed by atoms with Gasteiger partial charge in [0.1, 0.15) is 128 Å². The van der Waals surface area contributed by atoms with E-state index in [1.807, 2.05) is 0 Å². The molecule has 25 atom stereocenters. The second-order valence-electron chi connectivity index (χ2n) is 25.8. The minimum absolute atomic E-state index is 0.0392. The van der Waals surface area contributed by atoms with Crippen LogP contribution in [0.25, 0.3) is 0 Å². The summed E-state index contributed by atoms with van der Waals surface area (Å²) in [5, 5.41) is 159. The Balaban J connectivity index is 1.02. The molecule has 5 unspecified atom stereocenters. The van der Waals surface area contributed by atoms with Crippen LogP contribution in [0.5, 0.6) is 5.75 Å². The summed E-state index contributed by atoms with van der Waals surface area (Å²) in [6.07, 6.45) is -27.5. The molecule has 6 heterocycles. The van der Waals surface area contributed by atoms with Crippen molar-refractivity contribution in [3.63, 3.8) is 0 Å². The van der Waals surface area contributed by atoms with Crippen LogP contribution in [0.4, 0.5) is 0 Å². The first kappa shape index (κ1) is 76.6. The Bertz CT molecular complexity index is 3190. The van der Waals surface area contributed by atoms with Crippen molar-refractivity contribution in [2.24, 2.45) is 27.4 Å². The molecule has 1 saturated carbocycles. The number of guanidine groups is 2. The Hall–Kier alpha value is -7.61. The first-order chi connectivity index (χ1) is 47.7. The van der Waals surface area contributed by atoms with E-state index in [9.17, 15) is 90.4 Å². The number of hydrogen-bond acceptors (Lipinski definition) is 32. The number of carbonyl (C=O) groups excluding carboxylic acids is 7. The Kier molecular flexibility index (Phi) is 26.3. The molecule has 24 N–H and O–H groups in total. The van der Waals surface area contributed by atoms with E-state index in [1.165, 1.54) is 24.3 Å². The minimum atomic E-state index is -2.36. The first-order valence-electron chi connectivity index (χ1n) is 32.9. The molecule has 38 heteroatoms. The van der Waals surface area contributed by atoms with Gasteiger partial charge in [0.05, 0.1) is 51.5 Å². The third-order valence-electron chi connectivity index (χ3n) is 19.0. The molecule has 38 nitrogen and oxygen atoms in total. The highest BCUT2D eigenvalue weighted by Gasteiger charge is 2.54. The summed E-state index contributed by atoms with van der Waals surface area (Å²) in [5.74, 6) is -9.35. The van der Waals surface area contributed by atoms with E-state index < -0.39 is 246 Å². The van der Waals surface area contributed by atoms with Gasteiger partial charge in [-0.15, -0.1) is 0 Å². The molecule has 0 spiro atoms. The van der Waals surface area contributed by atoms with Gasteiger partial charge in [-0.05, 0) is 35.6 Å². The Morgan fingerprint density at radius 1 is 0.620 bits per heavy atom.